The van der Waals surface area contributed by atoms with Crippen LogP contribution in [0.2, 0.25) is 0 Å². The van der Waals surface area contributed by atoms with E-state index in [1.54, 1.807) is 0 Å². The maximum absolute atomic E-state index is 5.50. The van der Waals surface area contributed by atoms with Crippen LogP contribution in [0, 0.1) is 5.92 Å². The van der Waals surface area contributed by atoms with Gasteiger partial charge in [-0.1, -0.05) is 32.1 Å². The molecule has 0 aromatic heterocycles. The summed E-state index contributed by atoms with van der Waals surface area (Å²) in [6.07, 6.45) is 11.1. The molecule has 0 atom stereocenters. The summed E-state index contributed by atoms with van der Waals surface area (Å²) in [7, 11) is 2.19. The van der Waals surface area contributed by atoms with Crippen LogP contribution in [0.3, 0.4) is 0 Å². The molecule has 108 valence electrons. The number of hydrogen-bond acceptors (Lipinski definition) is 3. The van der Waals surface area contributed by atoms with E-state index in [0.29, 0.717) is 0 Å². The van der Waals surface area contributed by atoms with E-state index in [4.69, 9.17) is 5.73 Å². The molecule has 1 aliphatic rings. The molecule has 1 aliphatic carbocycles. The number of nitrogens with one attached hydrogen (secondary N) is 1. The van der Waals surface area contributed by atoms with Crippen molar-refractivity contribution < 1.29 is 0 Å². The lowest BCUT2D eigenvalue weighted by Crippen LogP contribution is -2.27. The fourth-order valence-corrected chi connectivity index (χ4v) is 2.85. The van der Waals surface area contributed by atoms with Crippen molar-refractivity contribution in [3.63, 3.8) is 0 Å². The monoisotopic (exact) mass is 255 g/mol. The maximum Gasteiger partial charge on any atom is -0.000968 e. The minimum Gasteiger partial charge on any atom is -0.330 e. The fourth-order valence-electron chi connectivity index (χ4n) is 2.85. The van der Waals surface area contributed by atoms with Crippen molar-refractivity contribution in [1.82, 2.24) is 10.2 Å². The van der Waals surface area contributed by atoms with Crippen LogP contribution in [0.4, 0.5) is 0 Å². The summed E-state index contributed by atoms with van der Waals surface area (Å²) in [5.74, 6) is 1.01. The van der Waals surface area contributed by atoms with Crippen LogP contribution in [0.15, 0.2) is 0 Å². The largest absolute Gasteiger partial charge is 0.330 e. The van der Waals surface area contributed by atoms with Crippen molar-refractivity contribution >= 4 is 0 Å². The van der Waals surface area contributed by atoms with Crippen LogP contribution in [0.5, 0.6) is 0 Å². The molecule has 1 fully saturated rings. The van der Waals surface area contributed by atoms with Gasteiger partial charge in [-0.3, -0.25) is 0 Å². The van der Waals surface area contributed by atoms with Crippen LogP contribution in [0.25, 0.3) is 0 Å². The van der Waals surface area contributed by atoms with Crippen molar-refractivity contribution in [3.05, 3.63) is 0 Å². The molecule has 0 radical (unpaired) electrons. The van der Waals surface area contributed by atoms with Gasteiger partial charge in [0.15, 0.2) is 0 Å². The Hall–Kier alpha value is -0.120. The molecule has 18 heavy (non-hydrogen) atoms. The van der Waals surface area contributed by atoms with E-state index >= 15 is 0 Å². The number of nitrogens with zero attached hydrogens (tertiary/aromatic N) is 1. The van der Waals surface area contributed by atoms with E-state index in [-0.39, 0.29) is 0 Å². The van der Waals surface area contributed by atoms with Crippen molar-refractivity contribution in [3.8, 4) is 0 Å². The fraction of sp³-hybridized carbons (Fsp3) is 1.00. The molecule has 0 saturated heterocycles. The maximum atomic E-state index is 5.50. The number of hydrogen-bond donors (Lipinski definition) is 2. The lowest BCUT2D eigenvalue weighted by atomic mass is 9.87. The van der Waals surface area contributed by atoms with Crippen molar-refractivity contribution in [2.45, 2.75) is 51.4 Å². The van der Waals surface area contributed by atoms with Gasteiger partial charge in [-0.2, -0.15) is 0 Å². The average molecular weight is 255 g/mol. The van der Waals surface area contributed by atoms with Crippen LogP contribution >= 0.6 is 0 Å². The molecule has 0 unspecified atom stereocenters. The Kier molecular flexibility index (Phi) is 9.54. The first kappa shape index (κ1) is 15.9. The molecule has 1 rings (SSSR count). The summed E-state index contributed by atoms with van der Waals surface area (Å²) in [6, 6.07) is 0. The molecule has 0 spiro atoms. The summed E-state index contributed by atoms with van der Waals surface area (Å²) >= 11 is 0. The highest BCUT2D eigenvalue weighted by Crippen LogP contribution is 2.25. The first-order valence-electron chi connectivity index (χ1n) is 7.92. The third-order valence-corrected chi connectivity index (χ3v) is 4.09. The van der Waals surface area contributed by atoms with Crippen molar-refractivity contribution in [1.29, 1.82) is 0 Å². The molecule has 3 N–H and O–H groups in total. The highest BCUT2D eigenvalue weighted by Gasteiger charge is 2.12. The SMILES string of the molecule is CN(CCCN)CCCNCCC1CCCCC1. The molecule has 3 heteroatoms. The second kappa shape index (κ2) is 10.8. The van der Waals surface area contributed by atoms with Gasteiger partial charge >= 0.3 is 0 Å². The smallest absolute Gasteiger partial charge is 0.000968 e. The van der Waals surface area contributed by atoms with E-state index in [1.165, 1.54) is 64.6 Å². The number of nitrogens with two attached hydrogens (primary N) is 1. The first-order valence-corrected chi connectivity index (χ1v) is 7.92. The molecular formula is C15H33N3. The van der Waals surface area contributed by atoms with E-state index in [2.05, 4.69) is 17.3 Å². The van der Waals surface area contributed by atoms with E-state index in [1.807, 2.05) is 0 Å². The van der Waals surface area contributed by atoms with Gasteiger partial charge in [0.2, 0.25) is 0 Å². The molecule has 0 heterocycles. The van der Waals surface area contributed by atoms with Gasteiger partial charge in [0.1, 0.15) is 0 Å². The van der Waals surface area contributed by atoms with Gasteiger partial charge in [0.05, 0.1) is 0 Å². The minimum atomic E-state index is 0.810. The van der Waals surface area contributed by atoms with Gasteiger partial charge in [-0.05, 0) is 65.0 Å². The molecule has 0 amide bonds. The van der Waals surface area contributed by atoms with Gasteiger partial charge in [-0.15, -0.1) is 0 Å². The minimum absolute atomic E-state index is 0.810. The highest BCUT2D eigenvalue weighted by atomic mass is 15.1. The van der Waals surface area contributed by atoms with Crippen LogP contribution in [0.1, 0.15) is 51.4 Å². The van der Waals surface area contributed by atoms with Gasteiger partial charge in [0, 0.05) is 0 Å². The second-order valence-corrected chi connectivity index (χ2v) is 5.84. The van der Waals surface area contributed by atoms with Gasteiger partial charge in [0.25, 0.3) is 0 Å². The molecule has 0 aromatic carbocycles. The Balaban J connectivity index is 1.83. The summed E-state index contributed by atoms with van der Waals surface area (Å²) < 4.78 is 0. The standard InChI is InChI=1S/C15H33N3/c1-18(13-5-10-16)14-6-11-17-12-9-15-7-3-2-4-8-15/h15,17H,2-14,16H2,1H3. The lowest BCUT2D eigenvalue weighted by Gasteiger charge is -2.21. The lowest BCUT2D eigenvalue weighted by molar-refractivity contribution is 0.316. The second-order valence-electron chi connectivity index (χ2n) is 5.84. The molecule has 0 aromatic rings. The zero-order valence-corrected chi connectivity index (χ0v) is 12.3. The predicted molar refractivity (Wildman–Crippen MR) is 79.8 cm³/mol. The zero-order chi connectivity index (χ0) is 13.1. The Morgan fingerprint density at radius 3 is 2.50 bits per heavy atom. The van der Waals surface area contributed by atoms with E-state index in [0.717, 1.165) is 25.4 Å². The summed E-state index contributed by atoms with van der Waals surface area (Å²) in [5.41, 5.74) is 5.50. The molecule has 3 nitrogen and oxygen atoms in total. The molecular weight excluding hydrogens is 222 g/mol. The highest BCUT2D eigenvalue weighted by molar-refractivity contribution is 4.67. The van der Waals surface area contributed by atoms with Crippen molar-refractivity contribution in [2.24, 2.45) is 11.7 Å². The zero-order valence-electron chi connectivity index (χ0n) is 12.3. The average Bonchev–Trinajstić information content (AvgIpc) is 2.41. The molecule has 0 bridgehead atoms. The topological polar surface area (TPSA) is 41.3 Å². The van der Waals surface area contributed by atoms with E-state index in [9.17, 15) is 0 Å². The first-order chi connectivity index (χ1) is 8.83. The quantitative estimate of drug-likeness (QED) is 0.588. The summed E-state index contributed by atoms with van der Waals surface area (Å²) in [6.45, 7) is 5.52. The molecule has 0 aliphatic heterocycles. The van der Waals surface area contributed by atoms with Crippen LogP contribution in [-0.2, 0) is 0 Å². The predicted octanol–water partition coefficient (Wildman–Crippen LogP) is 2.22. The van der Waals surface area contributed by atoms with Gasteiger partial charge in [-0.25, -0.2) is 0 Å². The third-order valence-electron chi connectivity index (χ3n) is 4.09. The number of rotatable bonds is 10. The van der Waals surface area contributed by atoms with Gasteiger partial charge < -0.3 is 16.0 Å². The normalized spacial score (nSPS) is 17.5. The van der Waals surface area contributed by atoms with E-state index < -0.39 is 0 Å². The summed E-state index contributed by atoms with van der Waals surface area (Å²) in [5, 5.41) is 3.59. The Morgan fingerprint density at radius 1 is 1.06 bits per heavy atom. The summed E-state index contributed by atoms with van der Waals surface area (Å²) in [4.78, 5) is 2.38. The van der Waals surface area contributed by atoms with Crippen LogP contribution in [-0.4, -0.2) is 44.7 Å². The van der Waals surface area contributed by atoms with Crippen molar-refractivity contribution in [2.75, 3.05) is 39.8 Å². The Bertz CT molecular complexity index is 179. The Labute approximate surface area is 113 Å². The molecule has 1 saturated carbocycles. The third kappa shape index (κ3) is 8.06. The van der Waals surface area contributed by atoms with Crippen LogP contribution < -0.4 is 11.1 Å². The Morgan fingerprint density at radius 2 is 1.78 bits per heavy atom.